The number of hydrogen-bond acceptors (Lipinski definition) is 5. The SMILES string of the molecule is CC(=O)[O-].CC(O)C(=O)[O-].[Zn+2]. The average Bonchev–Trinajstić information content (AvgIpc) is 1.63. The second-order valence-corrected chi connectivity index (χ2v) is 1.49. The van der Waals surface area contributed by atoms with Gasteiger partial charge in [0, 0.05) is 5.97 Å². The molecule has 0 bridgehead atoms. The van der Waals surface area contributed by atoms with Crippen LogP contribution in [0.2, 0.25) is 0 Å². The number of rotatable bonds is 1. The molecule has 0 aliphatic carbocycles. The van der Waals surface area contributed by atoms with Crippen molar-refractivity contribution in [2.45, 2.75) is 20.0 Å². The van der Waals surface area contributed by atoms with Gasteiger partial charge in [-0.3, -0.25) is 0 Å². The molecule has 0 fully saturated rings. The first-order chi connectivity index (χ1) is 4.37. The molecule has 0 aromatic carbocycles. The van der Waals surface area contributed by atoms with Crippen molar-refractivity contribution in [3.05, 3.63) is 0 Å². The average molecular weight is 214 g/mol. The smallest absolute Gasteiger partial charge is 0.550 e. The normalized spacial score (nSPS) is 9.73. The van der Waals surface area contributed by atoms with Gasteiger partial charge in [0.1, 0.15) is 0 Å². The first kappa shape index (κ1) is 16.9. The van der Waals surface area contributed by atoms with E-state index in [-0.39, 0.29) is 19.5 Å². The second kappa shape index (κ2) is 9.52. The van der Waals surface area contributed by atoms with Crippen molar-refractivity contribution < 1.29 is 44.4 Å². The summed E-state index contributed by atoms with van der Waals surface area (Å²) in [6, 6.07) is 0. The Morgan fingerprint density at radius 1 is 1.36 bits per heavy atom. The van der Waals surface area contributed by atoms with Gasteiger partial charge in [-0.1, -0.05) is 0 Å². The Morgan fingerprint density at radius 3 is 1.45 bits per heavy atom. The van der Waals surface area contributed by atoms with Gasteiger partial charge in [0.25, 0.3) is 0 Å². The van der Waals surface area contributed by atoms with Gasteiger partial charge in [-0.15, -0.1) is 0 Å². The predicted molar refractivity (Wildman–Crippen MR) is 27.4 cm³/mol. The number of carboxylic acid groups (broad SMARTS) is 2. The van der Waals surface area contributed by atoms with Gasteiger partial charge in [-0.05, 0) is 13.8 Å². The van der Waals surface area contributed by atoms with Gasteiger partial charge in [0.15, 0.2) is 0 Å². The van der Waals surface area contributed by atoms with Crippen LogP contribution in [-0.4, -0.2) is 23.1 Å². The summed E-state index contributed by atoms with van der Waals surface area (Å²) in [7, 11) is 0. The number of carboxylic acids is 2. The molecular formula is C5H8O5Zn. The molecule has 1 unspecified atom stereocenters. The van der Waals surface area contributed by atoms with Crippen LogP contribution in [0.5, 0.6) is 0 Å². The van der Waals surface area contributed by atoms with Crippen molar-refractivity contribution >= 4 is 11.9 Å². The molecule has 0 aromatic heterocycles. The molecule has 11 heavy (non-hydrogen) atoms. The van der Waals surface area contributed by atoms with Crippen molar-refractivity contribution in [3.8, 4) is 0 Å². The fraction of sp³-hybridized carbons (Fsp3) is 0.600. The molecular weight excluding hydrogens is 205 g/mol. The summed E-state index contributed by atoms with van der Waals surface area (Å²) < 4.78 is 0. The molecule has 0 aromatic rings. The van der Waals surface area contributed by atoms with E-state index in [2.05, 4.69) is 0 Å². The maximum Gasteiger partial charge on any atom is 2.00 e. The van der Waals surface area contributed by atoms with Gasteiger partial charge >= 0.3 is 19.5 Å². The summed E-state index contributed by atoms with van der Waals surface area (Å²) >= 11 is 0. The van der Waals surface area contributed by atoms with Gasteiger partial charge in [-0.2, -0.15) is 0 Å². The Hall–Kier alpha value is -0.477. The van der Waals surface area contributed by atoms with Crippen molar-refractivity contribution in [2.24, 2.45) is 0 Å². The number of carbonyl (C=O) groups excluding carboxylic acids is 2. The van der Waals surface area contributed by atoms with Crippen LogP contribution in [0.4, 0.5) is 0 Å². The standard InChI is InChI=1S/C3H6O3.C2H4O2.Zn/c1-2(4)3(5)6;1-2(3)4;/h2,4H,1H3,(H,5,6);1H3,(H,3,4);/q;;+2/p-2. The summed E-state index contributed by atoms with van der Waals surface area (Å²) in [5.74, 6) is -2.52. The van der Waals surface area contributed by atoms with Gasteiger partial charge in [0.05, 0.1) is 12.1 Å². The van der Waals surface area contributed by atoms with Crippen LogP contribution in [0, 0.1) is 0 Å². The maximum absolute atomic E-state index is 9.34. The van der Waals surface area contributed by atoms with Crippen LogP contribution in [0.15, 0.2) is 0 Å². The van der Waals surface area contributed by atoms with Crippen molar-refractivity contribution in [1.29, 1.82) is 0 Å². The van der Waals surface area contributed by atoms with Crippen LogP contribution in [0.25, 0.3) is 0 Å². The molecule has 6 heteroatoms. The molecule has 1 atom stereocenters. The molecule has 0 aliphatic heterocycles. The number of aliphatic hydroxyl groups excluding tert-OH is 1. The van der Waals surface area contributed by atoms with Crippen LogP contribution in [0.1, 0.15) is 13.8 Å². The molecule has 0 aliphatic rings. The summed E-state index contributed by atoms with van der Waals surface area (Å²) in [5.41, 5.74) is 0. The summed E-state index contributed by atoms with van der Waals surface area (Å²) in [6.07, 6.45) is -1.34. The Morgan fingerprint density at radius 2 is 1.45 bits per heavy atom. The topological polar surface area (TPSA) is 100 Å². The zero-order valence-electron chi connectivity index (χ0n) is 6.36. The zero-order chi connectivity index (χ0) is 8.73. The largest absolute Gasteiger partial charge is 2.00 e. The summed E-state index contributed by atoms with van der Waals surface area (Å²) in [5, 5.41) is 26.2. The fourth-order valence-electron chi connectivity index (χ4n) is 0. The van der Waals surface area contributed by atoms with Crippen molar-refractivity contribution in [3.63, 3.8) is 0 Å². The third kappa shape index (κ3) is 43.4. The van der Waals surface area contributed by atoms with E-state index < -0.39 is 18.0 Å². The minimum Gasteiger partial charge on any atom is -0.550 e. The number of aliphatic carboxylic acids is 2. The number of aliphatic hydroxyl groups is 1. The van der Waals surface area contributed by atoms with Gasteiger partial charge in [0.2, 0.25) is 0 Å². The monoisotopic (exact) mass is 212 g/mol. The van der Waals surface area contributed by atoms with E-state index in [0.29, 0.717) is 0 Å². The van der Waals surface area contributed by atoms with Gasteiger partial charge in [-0.25, -0.2) is 0 Å². The molecule has 0 spiro atoms. The Bertz CT molecular complexity index is 118. The third-order valence-corrected chi connectivity index (χ3v) is 0.341. The van der Waals surface area contributed by atoms with E-state index in [1.165, 1.54) is 0 Å². The predicted octanol–water partition coefficient (Wildman–Crippen LogP) is -3.13. The fourth-order valence-corrected chi connectivity index (χ4v) is 0. The zero-order valence-corrected chi connectivity index (χ0v) is 9.33. The van der Waals surface area contributed by atoms with Crippen molar-refractivity contribution in [1.82, 2.24) is 0 Å². The number of carbonyl (C=O) groups is 2. The van der Waals surface area contributed by atoms with Crippen molar-refractivity contribution in [2.75, 3.05) is 0 Å². The van der Waals surface area contributed by atoms with E-state index in [4.69, 9.17) is 15.0 Å². The summed E-state index contributed by atoms with van der Waals surface area (Å²) in [6.45, 7) is 2.11. The summed E-state index contributed by atoms with van der Waals surface area (Å²) in [4.78, 5) is 18.2. The van der Waals surface area contributed by atoms with Crippen LogP contribution in [-0.2, 0) is 29.1 Å². The second-order valence-electron chi connectivity index (χ2n) is 1.49. The molecule has 0 saturated carbocycles. The molecule has 0 rings (SSSR count). The van der Waals surface area contributed by atoms with E-state index in [1.807, 2.05) is 0 Å². The van der Waals surface area contributed by atoms with Crippen LogP contribution >= 0.6 is 0 Å². The van der Waals surface area contributed by atoms with E-state index >= 15 is 0 Å². The Kier molecular flexibility index (Phi) is 14.6. The van der Waals surface area contributed by atoms with E-state index in [0.717, 1.165) is 13.8 Å². The maximum atomic E-state index is 9.34. The van der Waals surface area contributed by atoms with Crippen LogP contribution in [0.3, 0.4) is 0 Å². The Labute approximate surface area is 76.8 Å². The molecule has 0 radical (unpaired) electrons. The van der Waals surface area contributed by atoms with E-state index in [1.54, 1.807) is 0 Å². The Balaban J connectivity index is -0.000000114. The molecule has 0 amide bonds. The minimum atomic E-state index is -1.44. The van der Waals surface area contributed by atoms with Gasteiger partial charge < -0.3 is 24.9 Å². The quantitative estimate of drug-likeness (QED) is 0.464. The molecule has 0 saturated heterocycles. The molecule has 1 N–H and O–H groups in total. The number of hydrogen-bond donors (Lipinski definition) is 1. The third-order valence-electron chi connectivity index (χ3n) is 0.341. The molecule has 60 valence electrons. The molecule has 0 heterocycles. The first-order valence-electron chi connectivity index (χ1n) is 2.44. The minimum absolute atomic E-state index is 0. The first-order valence-corrected chi connectivity index (χ1v) is 2.44. The molecule has 5 nitrogen and oxygen atoms in total. The van der Waals surface area contributed by atoms with Crippen LogP contribution < -0.4 is 10.2 Å². The van der Waals surface area contributed by atoms with E-state index in [9.17, 15) is 9.90 Å².